The highest BCUT2D eigenvalue weighted by Gasteiger charge is 2.18. The second kappa shape index (κ2) is 8.39. The van der Waals surface area contributed by atoms with E-state index in [0.29, 0.717) is 5.56 Å². The van der Waals surface area contributed by atoms with Crippen molar-refractivity contribution >= 4 is 23.6 Å². The second-order valence-electron chi connectivity index (χ2n) is 4.91. The highest BCUT2D eigenvalue weighted by Crippen LogP contribution is 2.20. The normalized spacial score (nSPS) is 10.8. The Bertz CT molecular complexity index is 815. The number of amides is 1. The Morgan fingerprint density at radius 1 is 1.12 bits per heavy atom. The zero-order chi connectivity index (χ0) is 18.2. The van der Waals surface area contributed by atoms with Crippen molar-refractivity contribution in [2.24, 2.45) is 0 Å². The van der Waals surface area contributed by atoms with E-state index in [1.165, 1.54) is 24.3 Å². The van der Waals surface area contributed by atoms with Gasteiger partial charge in [0.1, 0.15) is 5.70 Å². The van der Waals surface area contributed by atoms with Crippen LogP contribution in [0.4, 0.5) is 5.69 Å². The Balaban J connectivity index is 2.38. The minimum atomic E-state index is -0.773. The molecular weight excluding hydrogens is 324 g/mol. The summed E-state index contributed by atoms with van der Waals surface area (Å²) in [5, 5.41) is 13.6. The van der Waals surface area contributed by atoms with Gasteiger partial charge in [-0.05, 0) is 31.2 Å². The number of nitrogens with zero attached hydrogens (tertiary/aromatic N) is 1. The molecule has 0 spiro atoms. The van der Waals surface area contributed by atoms with Gasteiger partial charge in [-0.2, -0.15) is 0 Å². The van der Waals surface area contributed by atoms with Gasteiger partial charge >= 0.3 is 5.97 Å². The van der Waals surface area contributed by atoms with Crippen LogP contribution in [-0.4, -0.2) is 23.4 Å². The van der Waals surface area contributed by atoms with Gasteiger partial charge in [0, 0.05) is 11.6 Å². The van der Waals surface area contributed by atoms with E-state index in [-0.39, 0.29) is 23.6 Å². The van der Waals surface area contributed by atoms with E-state index < -0.39 is 16.8 Å². The molecule has 2 aromatic carbocycles. The average Bonchev–Trinajstić information content (AvgIpc) is 2.62. The van der Waals surface area contributed by atoms with Gasteiger partial charge in [0.05, 0.1) is 17.1 Å². The molecule has 0 fully saturated rings. The monoisotopic (exact) mass is 340 g/mol. The average molecular weight is 340 g/mol. The maximum Gasteiger partial charge on any atom is 0.354 e. The molecule has 1 N–H and O–H groups in total. The molecule has 1 amide bonds. The van der Waals surface area contributed by atoms with Crippen LogP contribution in [-0.2, 0) is 9.53 Å². The van der Waals surface area contributed by atoms with Crippen LogP contribution in [0.15, 0.2) is 60.3 Å². The van der Waals surface area contributed by atoms with Gasteiger partial charge in [-0.25, -0.2) is 4.79 Å². The number of hydrogen-bond acceptors (Lipinski definition) is 5. The number of esters is 1. The molecule has 0 saturated carbocycles. The highest BCUT2D eigenvalue weighted by molar-refractivity contribution is 6.03. The van der Waals surface area contributed by atoms with Crippen molar-refractivity contribution in [2.45, 2.75) is 6.92 Å². The first-order valence-electron chi connectivity index (χ1n) is 7.51. The van der Waals surface area contributed by atoms with Crippen molar-refractivity contribution in [3.63, 3.8) is 0 Å². The van der Waals surface area contributed by atoms with Crippen molar-refractivity contribution in [2.75, 3.05) is 6.61 Å². The van der Waals surface area contributed by atoms with Crippen LogP contribution in [0.3, 0.4) is 0 Å². The molecule has 7 heteroatoms. The number of nitro benzene ring substituents is 1. The fourth-order valence-electron chi connectivity index (χ4n) is 2.07. The molecule has 0 heterocycles. The number of para-hydroxylation sites is 1. The summed E-state index contributed by atoms with van der Waals surface area (Å²) < 4.78 is 4.92. The Kier molecular flexibility index (Phi) is 6.00. The summed E-state index contributed by atoms with van der Waals surface area (Å²) in [6.07, 6.45) is 1.23. The van der Waals surface area contributed by atoms with Crippen molar-refractivity contribution in [3.05, 3.63) is 81.5 Å². The number of rotatable bonds is 6. The molecule has 0 aliphatic heterocycles. The minimum absolute atomic E-state index is 0.105. The van der Waals surface area contributed by atoms with Crippen molar-refractivity contribution in [1.82, 2.24) is 5.32 Å². The third-order valence-corrected chi connectivity index (χ3v) is 3.21. The predicted octanol–water partition coefficient (Wildman–Crippen LogP) is 2.93. The Labute approximate surface area is 144 Å². The smallest absolute Gasteiger partial charge is 0.354 e. The first-order valence-corrected chi connectivity index (χ1v) is 7.51. The number of nitro groups is 1. The van der Waals surface area contributed by atoms with Crippen LogP contribution in [0.1, 0.15) is 22.8 Å². The summed E-state index contributed by atoms with van der Waals surface area (Å²) in [7, 11) is 0. The lowest BCUT2D eigenvalue weighted by Gasteiger charge is -2.09. The second-order valence-corrected chi connectivity index (χ2v) is 4.91. The van der Waals surface area contributed by atoms with Crippen molar-refractivity contribution < 1.29 is 19.2 Å². The van der Waals surface area contributed by atoms with Crippen LogP contribution in [0, 0.1) is 10.1 Å². The molecule has 7 nitrogen and oxygen atoms in total. The zero-order valence-electron chi connectivity index (χ0n) is 13.5. The third kappa shape index (κ3) is 4.74. The lowest BCUT2D eigenvalue weighted by atomic mass is 10.1. The van der Waals surface area contributed by atoms with Crippen LogP contribution >= 0.6 is 0 Å². The van der Waals surface area contributed by atoms with Crippen molar-refractivity contribution in [1.29, 1.82) is 0 Å². The van der Waals surface area contributed by atoms with Gasteiger partial charge in [0.15, 0.2) is 0 Å². The Morgan fingerprint density at radius 2 is 1.76 bits per heavy atom. The molecule has 0 aliphatic rings. The third-order valence-electron chi connectivity index (χ3n) is 3.21. The standard InChI is InChI=1S/C18H16N2O5/c1-2-25-18(22)15(19-17(21)13-8-4-3-5-9-13)12-14-10-6-7-11-16(14)20(23)24/h3-12H,2H2,1H3,(H,19,21)/b15-12+. The summed E-state index contributed by atoms with van der Waals surface area (Å²) in [5.74, 6) is -1.29. The molecule has 0 bridgehead atoms. The van der Waals surface area contributed by atoms with Gasteiger partial charge in [-0.15, -0.1) is 0 Å². The molecule has 0 atom stereocenters. The zero-order valence-corrected chi connectivity index (χ0v) is 13.5. The summed E-state index contributed by atoms with van der Waals surface area (Å²) in [6, 6.07) is 14.2. The number of hydrogen-bond donors (Lipinski definition) is 1. The molecule has 2 rings (SSSR count). The van der Waals surface area contributed by atoms with Crippen LogP contribution in [0.2, 0.25) is 0 Å². The predicted molar refractivity (Wildman–Crippen MR) is 91.6 cm³/mol. The summed E-state index contributed by atoms with van der Waals surface area (Å²) in [5.41, 5.74) is 0.174. The SMILES string of the molecule is CCOC(=O)/C(=C\c1ccccc1[N+](=O)[O-])NC(=O)c1ccccc1. The highest BCUT2D eigenvalue weighted by atomic mass is 16.6. The fraction of sp³-hybridized carbons (Fsp3) is 0.111. The summed E-state index contributed by atoms with van der Waals surface area (Å²) in [4.78, 5) is 35.0. The quantitative estimate of drug-likeness (QED) is 0.377. The van der Waals surface area contributed by atoms with Crippen LogP contribution in [0.5, 0.6) is 0 Å². The maximum absolute atomic E-state index is 12.3. The molecule has 128 valence electrons. The maximum atomic E-state index is 12.3. The lowest BCUT2D eigenvalue weighted by molar-refractivity contribution is -0.385. The molecule has 0 saturated heterocycles. The minimum Gasteiger partial charge on any atom is -0.461 e. The number of nitrogens with one attached hydrogen (secondary N) is 1. The topological polar surface area (TPSA) is 98.5 Å². The molecule has 2 aromatic rings. The van der Waals surface area contributed by atoms with E-state index in [9.17, 15) is 19.7 Å². The Morgan fingerprint density at radius 3 is 2.40 bits per heavy atom. The van der Waals surface area contributed by atoms with E-state index >= 15 is 0 Å². The molecule has 0 radical (unpaired) electrons. The number of ether oxygens (including phenoxy) is 1. The van der Waals surface area contributed by atoms with Gasteiger partial charge in [0.25, 0.3) is 11.6 Å². The lowest BCUT2D eigenvalue weighted by Crippen LogP contribution is -2.28. The van der Waals surface area contributed by atoms with E-state index in [4.69, 9.17) is 4.74 Å². The summed E-state index contributed by atoms with van der Waals surface area (Å²) in [6.45, 7) is 1.73. The largest absolute Gasteiger partial charge is 0.461 e. The summed E-state index contributed by atoms with van der Waals surface area (Å²) >= 11 is 0. The first-order chi connectivity index (χ1) is 12.0. The van der Waals surface area contributed by atoms with Gasteiger partial charge < -0.3 is 10.1 Å². The number of carbonyl (C=O) groups is 2. The van der Waals surface area contributed by atoms with Gasteiger partial charge in [-0.1, -0.05) is 30.3 Å². The first kappa shape index (κ1) is 17.9. The van der Waals surface area contributed by atoms with Gasteiger partial charge in [0.2, 0.25) is 0 Å². The molecular formula is C18H16N2O5. The van der Waals surface area contributed by atoms with E-state index in [2.05, 4.69) is 5.32 Å². The van der Waals surface area contributed by atoms with Crippen molar-refractivity contribution in [3.8, 4) is 0 Å². The van der Waals surface area contributed by atoms with Crippen LogP contribution < -0.4 is 5.32 Å². The van der Waals surface area contributed by atoms with Gasteiger partial charge in [-0.3, -0.25) is 14.9 Å². The van der Waals surface area contributed by atoms with Crippen LogP contribution in [0.25, 0.3) is 6.08 Å². The Hall–Kier alpha value is -3.48. The van der Waals surface area contributed by atoms with E-state index in [1.54, 1.807) is 43.3 Å². The van der Waals surface area contributed by atoms with E-state index in [0.717, 1.165) is 0 Å². The molecule has 0 aliphatic carbocycles. The molecule has 0 unspecified atom stereocenters. The number of carbonyl (C=O) groups excluding carboxylic acids is 2. The molecule has 25 heavy (non-hydrogen) atoms. The molecule has 0 aromatic heterocycles. The fourth-order valence-corrected chi connectivity index (χ4v) is 2.07. The van der Waals surface area contributed by atoms with E-state index in [1.807, 2.05) is 0 Å². The number of benzene rings is 2.